The van der Waals surface area contributed by atoms with Crippen molar-refractivity contribution >= 4 is 17.5 Å². The SMILES string of the molecule is CCCn1cc(Cl)c(C(=O)N2CC[C@@](O)(CN3CCOCC3)C2)n1. The van der Waals surface area contributed by atoms with Crippen molar-refractivity contribution < 1.29 is 14.6 Å². The highest BCUT2D eigenvalue weighted by Gasteiger charge is 2.40. The van der Waals surface area contributed by atoms with E-state index in [0.29, 0.717) is 44.3 Å². The number of β-amino-alcohol motifs (C(OH)–C–C–N with tert-alkyl or cyclic N) is 1. The molecule has 0 radical (unpaired) electrons. The number of ether oxygens (including phenoxy) is 1. The molecule has 0 aromatic carbocycles. The van der Waals surface area contributed by atoms with Crippen molar-refractivity contribution in [3.63, 3.8) is 0 Å². The van der Waals surface area contributed by atoms with Crippen LogP contribution in [0.1, 0.15) is 30.3 Å². The molecule has 1 aromatic rings. The number of rotatable bonds is 5. The Bertz CT molecular complexity index is 588. The Balaban J connectivity index is 1.62. The summed E-state index contributed by atoms with van der Waals surface area (Å²) in [5.41, 5.74) is -0.591. The minimum atomic E-state index is -0.870. The van der Waals surface area contributed by atoms with Gasteiger partial charge in [0.2, 0.25) is 0 Å². The lowest BCUT2D eigenvalue weighted by Crippen LogP contribution is -2.49. The Morgan fingerprint density at radius 2 is 2.17 bits per heavy atom. The molecule has 1 aromatic heterocycles. The monoisotopic (exact) mass is 356 g/mol. The second-order valence-electron chi connectivity index (χ2n) is 6.68. The van der Waals surface area contributed by atoms with Crippen LogP contribution in [0.15, 0.2) is 6.20 Å². The Kier molecular flexibility index (Phi) is 5.44. The summed E-state index contributed by atoms with van der Waals surface area (Å²) in [4.78, 5) is 16.5. The molecule has 134 valence electrons. The number of aliphatic hydroxyl groups is 1. The highest BCUT2D eigenvalue weighted by atomic mass is 35.5. The first-order valence-corrected chi connectivity index (χ1v) is 8.93. The third kappa shape index (κ3) is 3.91. The zero-order valence-electron chi connectivity index (χ0n) is 14.1. The molecule has 2 aliphatic heterocycles. The van der Waals surface area contributed by atoms with Crippen molar-refractivity contribution in [2.75, 3.05) is 45.9 Å². The molecule has 0 saturated carbocycles. The molecule has 0 spiro atoms. The van der Waals surface area contributed by atoms with Gasteiger partial charge in [0, 0.05) is 38.9 Å². The van der Waals surface area contributed by atoms with Gasteiger partial charge in [0.1, 0.15) is 0 Å². The van der Waals surface area contributed by atoms with Gasteiger partial charge in [-0.25, -0.2) is 0 Å². The van der Waals surface area contributed by atoms with Crippen molar-refractivity contribution in [2.45, 2.75) is 31.9 Å². The number of carbonyl (C=O) groups excluding carboxylic acids is 1. The second kappa shape index (κ2) is 7.39. The molecule has 8 heteroatoms. The van der Waals surface area contributed by atoms with E-state index in [1.165, 1.54) is 0 Å². The number of aromatic nitrogens is 2. The summed E-state index contributed by atoms with van der Waals surface area (Å²) >= 11 is 6.17. The lowest BCUT2D eigenvalue weighted by molar-refractivity contribution is -0.0257. The largest absolute Gasteiger partial charge is 0.387 e. The molecule has 3 rings (SSSR count). The van der Waals surface area contributed by atoms with E-state index in [0.717, 1.165) is 26.1 Å². The van der Waals surface area contributed by atoms with Gasteiger partial charge < -0.3 is 14.7 Å². The van der Waals surface area contributed by atoms with Crippen LogP contribution in [-0.2, 0) is 11.3 Å². The van der Waals surface area contributed by atoms with Gasteiger partial charge in [0.25, 0.3) is 5.91 Å². The number of nitrogens with zero attached hydrogens (tertiary/aromatic N) is 4. The molecule has 2 fully saturated rings. The number of hydrogen-bond acceptors (Lipinski definition) is 5. The molecule has 24 heavy (non-hydrogen) atoms. The van der Waals surface area contributed by atoms with Gasteiger partial charge >= 0.3 is 0 Å². The topological polar surface area (TPSA) is 70.8 Å². The van der Waals surface area contributed by atoms with Crippen LogP contribution in [0, 0.1) is 0 Å². The minimum Gasteiger partial charge on any atom is -0.387 e. The highest BCUT2D eigenvalue weighted by molar-refractivity contribution is 6.33. The number of likely N-dealkylation sites (tertiary alicyclic amines) is 1. The first-order valence-electron chi connectivity index (χ1n) is 8.55. The van der Waals surface area contributed by atoms with Gasteiger partial charge in [0.05, 0.1) is 30.4 Å². The molecule has 1 amide bonds. The Morgan fingerprint density at radius 1 is 1.42 bits per heavy atom. The van der Waals surface area contributed by atoms with Crippen molar-refractivity contribution in [2.24, 2.45) is 0 Å². The zero-order valence-corrected chi connectivity index (χ0v) is 14.8. The molecule has 0 aliphatic carbocycles. The van der Waals surface area contributed by atoms with Gasteiger partial charge in [-0.1, -0.05) is 18.5 Å². The van der Waals surface area contributed by atoms with Crippen LogP contribution in [0.5, 0.6) is 0 Å². The Morgan fingerprint density at radius 3 is 2.88 bits per heavy atom. The number of halogens is 1. The number of hydrogen-bond donors (Lipinski definition) is 1. The summed E-state index contributed by atoms with van der Waals surface area (Å²) in [5.74, 6) is -0.201. The zero-order chi connectivity index (χ0) is 17.2. The van der Waals surface area contributed by atoms with Crippen LogP contribution in [-0.4, -0.2) is 82.1 Å². The molecule has 0 unspecified atom stereocenters. The van der Waals surface area contributed by atoms with Crippen molar-refractivity contribution in [1.29, 1.82) is 0 Å². The molecule has 2 aliphatic rings. The predicted octanol–water partition coefficient (Wildman–Crippen LogP) is 0.856. The van der Waals surface area contributed by atoms with E-state index in [2.05, 4.69) is 10.00 Å². The Hall–Kier alpha value is -1.15. The lowest BCUT2D eigenvalue weighted by Gasteiger charge is -2.33. The first kappa shape index (κ1) is 17.7. The van der Waals surface area contributed by atoms with Gasteiger partial charge in [-0.15, -0.1) is 0 Å². The average Bonchev–Trinajstić information content (AvgIpc) is 3.11. The maximum absolute atomic E-state index is 12.7. The van der Waals surface area contributed by atoms with Gasteiger partial charge in [-0.3, -0.25) is 14.4 Å². The normalized spacial score (nSPS) is 25.4. The number of amides is 1. The van der Waals surface area contributed by atoms with Crippen LogP contribution in [0.25, 0.3) is 0 Å². The van der Waals surface area contributed by atoms with E-state index < -0.39 is 5.60 Å². The molecular weight excluding hydrogens is 332 g/mol. The number of carbonyl (C=O) groups is 1. The second-order valence-corrected chi connectivity index (χ2v) is 7.09. The van der Waals surface area contributed by atoms with Crippen LogP contribution in [0.2, 0.25) is 5.02 Å². The van der Waals surface area contributed by atoms with Gasteiger partial charge in [-0.2, -0.15) is 5.10 Å². The molecule has 3 heterocycles. The molecule has 7 nitrogen and oxygen atoms in total. The minimum absolute atomic E-state index is 0.201. The van der Waals surface area contributed by atoms with Gasteiger partial charge in [-0.05, 0) is 12.8 Å². The molecular formula is C16H25ClN4O3. The van der Waals surface area contributed by atoms with Crippen LogP contribution < -0.4 is 0 Å². The number of aryl methyl sites for hydroxylation is 1. The summed E-state index contributed by atoms with van der Waals surface area (Å²) < 4.78 is 7.04. The fraction of sp³-hybridized carbons (Fsp3) is 0.750. The van der Waals surface area contributed by atoms with E-state index in [-0.39, 0.29) is 11.6 Å². The molecule has 0 bridgehead atoms. The van der Waals surface area contributed by atoms with Crippen LogP contribution in [0.3, 0.4) is 0 Å². The summed E-state index contributed by atoms with van der Waals surface area (Å²) in [6.07, 6.45) is 3.19. The molecule has 1 N–H and O–H groups in total. The Labute approximate surface area is 147 Å². The van der Waals surface area contributed by atoms with E-state index in [4.69, 9.17) is 16.3 Å². The summed E-state index contributed by atoms with van der Waals surface area (Å²) in [6, 6.07) is 0. The van der Waals surface area contributed by atoms with Crippen LogP contribution in [0.4, 0.5) is 0 Å². The van der Waals surface area contributed by atoms with E-state index >= 15 is 0 Å². The number of morpholine rings is 1. The average molecular weight is 357 g/mol. The summed E-state index contributed by atoms with van der Waals surface area (Å²) in [5, 5.41) is 15.5. The maximum Gasteiger partial charge on any atom is 0.276 e. The van der Waals surface area contributed by atoms with Gasteiger partial charge in [0.15, 0.2) is 5.69 Å². The maximum atomic E-state index is 12.7. The summed E-state index contributed by atoms with van der Waals surface area (Å²) in [7, 11) is 0. The first-order chi connectivity index (χ1) is 11.5. The van der Waals surface area contributed by atoms with E-state index in [1.807, 2.05) is 6.92 Å². The fourth-order valence-corrected chi connectivity index (χ4v) is 3.60. The predicted molar refractivity (Wildman–Crippen MR) is 90.3 cm³/mol. The quantitative estimate of drug-likeness (QED) is 0.847. The fourth-order valence-electron chi connectivity index (χ4n) is 3.37. The summed E-state index contributed by atoms with van der Waals surface area (Å²) in [6.45, 7) is 7.23. The lowest BCUT2D eigenvalue weighted by atomic mass is 10.0. The molecule has 2 saturated heterocycles. The van der Waals surface area contributed by atoms with E-state index in [1.54, 1.807) is 15.8 Å². The van der Waals surface area contributed by atoms with Crippen molar-refractivity contribution in [1.82, 2.24) is 19.6 Å². The standard InChI is InChI=1S/C16H25ClN4O3/c1-2-4-21-10-13(17)14(18-21)15(22)20-5-3-16(23,12-20)11-19-6-8-24-9-7-19/h10,23H,2-9,11-12H2,1H3/t16-/m1/s1. The highest BCUT2D eigenvalue weighted by Crippen LogP contribution is 2.26. The van der Waals surface area contributed by atoms with E-state index in [9.17, 15) is 9.90 Å². The van der Waals surface area contributed by atoms with Crippen molar-refractivity contribution in [3.8, 4) is 0 Å². The van der Waals surface area contributed by atoms with Crippen LogP contribution >= 0.6 is 11.6 Å². The third-order valence-corrected chi connectivity index (χ3v) is 4.89. The smallest absolute Gasteiger partial charge is 0.276 e. The van der Waals surface area contributed by atoms with Crippen molar-refractivity contribution in [3.05, 3.63) is 16.9 Å². The third-order valence-electron chi connectivity index (χ3n) is 4.61. The molecule has 1 atom stereocenters.